The maximum atomic E-state index is 13.5. The minimum atomic E-state index is -7.76. The van der Waals surface area contributed by atoms with Crippen LogP contribution >= 0.6 is 11.6 Å². The Morgan fingerprint density at radius 3 is 1.61 bits per heavy atom. The van der Waals surface area contributed by atoms with Crippen LogP contribution in [0.3, 0.4) is 0 Å². The Bertz CT molecular complexity index is 719. The summed E-state index contributed by atoms with van der Waals surface area (Å²) in [7, 11) is 0. The minimum absolute atomic E-state index is 0.0458. The Morgan fingerprint density at radius 2 is 1.21 bits per heavy atom. The van der Waals surface area contributed by atoms with Crippen LogP contribution in [0.4, 0.5) is 58.4 Å². The summed E-state index contributed by atoms with van der Waals surface area (Å²) < 4.78 is 156. The molecule has 0 spiro atoms. The molecule has 15 heteroatoms. The van der Waals surface area contributed by atoms with Crippen LogP contribution in [0.1, 0.15) is 0 Å². The zero-order valence-corrected chi connectivity index (χ0v) is 13.5. The second-order valence-electron chi connectivity index (χ2n) is 5.18. The van der Waals surface area contributed by atoms with Crippen molar-refractivity contribution in [3.8, 4) is 0 Å². The maximum Gasteiger partial charge on any atom is 0.393 e. The lowest BCUT2D eigenvalue weighted by Gasteiger charge is -2.38. The van der Waals surface area contributed by atoms with Gasteiger partial charge in [-0.15, -0.1) is 0 Å². The molecule has 0 atom stereocenters. The number of hydrogen-bond donors (Lipinski definition) is 1. The molecule has 0 radical (unpaired) electrons. The highest BCUT2D eigenvalue weighted by Gasteiger charge is 2.89. The molecule has 1 aromatic carbocycles. The van der Waals surface area contributed by atoms with Crippen LogP contribution < -0.4 is 5.32 Å². The van der Waals surface area contributed by atoms with E-state index in [1.165, 1.54) is 0 Å². The zero-order valence-electron chi connectivity index (χ0n) is 12.7. The van der Waals surface area contributed by atoms with Crippen LogP contribution in [0.2, 0.25) is 5.02 Å². The van der Waals surface area contributed by atoms with E-state index in [0.717, 1.165) is 17.4 Å². The van der Waals surface area contributed by atoms with Crippen molar-refractivity contribution >= 4 is 23.2 Å². The lowest BCUT2D eigenvalue weighted by Crippen LogP contribution is -2.70. The Morgan fingerprint density at radius 1 is 0.786 bits per heavy atom. The number of amides is 1. The third-order valence-corrected chi connectivity index (χ3v) is 3.51. The van der Waals surface area contributed by atoms with Gasteiger partial charge < -0.3 is 5.32 Å². The van der Waals surface area contributed by atoms with Crippen molar-refractivity contribution in [2.45, 2.75) is 36.0 Å². The Labute approximate surface area is 152 Å². The highest BCUT2D eigenvalue weighted by atomic mass is 35.5. The fraction of sp³-hybridized carbons (Fsp3) is 0.462. The molecule has 0 unspecified atom stereocenters. The summed E-state index contributed by atoms with van der Waals surface area (Å²) >= 11 is 5.39. The van der Waals surface area contributed by atoms with E-state index in [9.17, 15) is 57.5 Å². The fourth-order valence-corrected chi connectivity index (χ4v) is 1.75. The first-order chi connectivity index (χ1) is 12.3. The van der Waals surface area contributed by atoms with E-state index in [2.05, 4.69) is 0 Å². The Balaban J connectivity index is 3.32. The molecule has 0 saturated heterocycles. The van der Waals surface area contributed by atoms with Crippen LogP contribution in [0.25, 0.3) is 0 Å². The summed E-state index contributed by atoms with van der Waals surface area (Å²) in [5.41, 5.74) is -0.738. The molecular formula is C13H6ClF12NO. The van der Waals surface area contributed by atoms with Crippen LogP contribution in [-0.2, 0) is 4.79 Å². The van der Waals surface area contributed by atoms with Crippen molar-refractivity contribution in [2.24, 2.45) is 0 Å². The summed E-state index contributed by atoms with van der Waals surface area (Å²) in [5, 5.41) is 0.913. The van der Waals surface area contributed by atoms with Gasteiger partial charge in [-0.3, -0.25) is 4.79 Å². The highest BCUT2D eigenvalue weighted by molar-refractivity contribution is 6.30. The predicted octanol–water partition coefficient (Wildman–Crippen LogP) is 5.72. The third-order valence-electron chi connectivity index (χ3n) is 3.26. The SMILES string of the molecule is O=C(Nc1ccc(Cl)cc1)C(F)(F)C(F)(F)C(F)(F)C(F)(F)C(F)(F)C(F)F. The van der Waals surface area contributed by atoms with Gasteiger partial charge in [0.05, 0.1) is 0 Å². The van der Waals surface area contributed by atoms with Crippen molar-refractivity contribution in [1.82, 2.24) is 0 Å². The second-order valence-corrected chi connectivity index (χ2v) is 5.62. The number of hydrogen-bond acceptors (Lipinski definition) is 1. The van der Waals surface area contributed by atoms with Gasteiger partial charge in [-0.1, -0.05) is 11.6 Å². The van der Waals surface area contributed by atoms with Gasteiger partial charge in [0.2, 0.25) is 0 Å². The van der Waals surface area contributed by atoms with Crippen LogP contribution in [0, 0.1) is 0 Å². The first-order valence-corrected chi connectivity index (χ1v) is 6.96. The fourth-order valence-electron chi connectivity index (χ4n) is 1.63. The van der Waals surface area contributed by atoms with Crippen molar-refractivity contribution < 1.29 is 57.5 Å². The maximum absolute atomic E-state index is 13.5. The number of halogens is 13. The normalized spacial score (nSPS) is 14.4. The number of rotatable bonds is 7. The average Bonchev–Trinajstić information content (AvgIpc) is 2.55. The summed E-state index contributed by atoms with van der Waals surface area (Å²) in [6.07, 6.45) is -5.61. The molecule has 160 valence electrons. The Kier molecular flexibility index (Phi) is 6.21. The Hall–Kier alpha value is -1.86. The molecule has 1 aromatic rings. The van der Waals surface area contributed by atoms with Gasteiger partial charge in [-0.2, -0.15) is 43.9 Å². The molecule has 0 aliphatic carbocycles. The molecule has 1 amide bonds. The molecule has 0 aliphatic heterocycles. The summed E-state index contributed by atoms with van der Waals surface area (Å²) in [6, 6.07) is 3.26. The van der Waals surface area contributed by atoms with E-state index in [1.807, 2.05) is 0 Å². The monoisotopic (exact) mass is 455 g/mol. The van der Waals surface area contributed by atoms with Crippen LogP contribution in [-0.4, -0.2) is 41.9 Å². The van der Waals surface area contributed by atoms with Crippen LogP contribution in [0.5, 0.6) is 0 Å². The van der Waals surface area contributed by atoms with Crippen molar-refractivity contribution in [2.75, 3.05) is 5.32 Å². The molecular weight excluding hydrogens is 450 g/mol. The van der Waals surface area contributed by atoms with E-state index in [-0.39, 0.29) is 5.02 Å². The number of carbonyl (C=O) groups is 1. The number of nitrogens with one attached hydrogen (secondary N) is 1. The van der Waals surface area contributed by atoms with Gasteiger partial charge in [0.25, 0.3) is 0 Å². The van der Waals surface area contributed by atoms with E-state index in [4.69, 9.17) is 11.6 Å². The summed E-state index contributed by atoms with van der Waals surface area (Å²) in [5.74, 6) is -40.1. The number of anilines is 1. The number of benzene rings is 1. The first kappa shape index (κ1) is 24.2. The molecule has 1 rings (SSSR count). The molecule has 0 saturated carbocycles. The topological polar surface area (TPSA) is 29.1 Å². The van der Waals surface area contributed by atoms with E-state index in [1.54, 1.807) is 0 Å². The molecule has 1 N–H and O–H groups in total. The smallest absolute Gasteiger partial charge is 0.321 e. The second kappa shape index (κ2) is 7.19. The van der Waals surface area contributed by atoms with Crippen molar-refractivity contribution in [3.63, 3.8) is 0 Å². The lowest BCUT2D eigenvalue weighted by molar-refractivity contribution is -0.406. The highest BCUT2D eigenvalue weighted by Crippen LogP contribution is 2.58. The molecule has 0 aromatic heterocycles. The van der Waals surface area contributed by atoms with Crippen molar-refractivity contribution in [1.29, 1.82) is 0 Å². The van der Waals surface area contributed by atoms with Crippen molar-refractivity contribution in [3.05, 3.63) is 29.3 Å². The zero-order chi connectivity index (χ0) is 22.3. The molecule has 0 bridgehead atoms. The van der Waals surface area contributed by atoms with Gasteiger partial charge in [-0.05, 0) is 24.3 Å². The van der Waals surface area contributed by atoms with Gasteiger partial charge in [0, 0.05) is 10.7 Å². The first-order valence-electron chi connectivity index (χ1n) is 6.58. The van der Waals surface area contributed by atoms with Gasteiger partial charge >= 0.3 is 41.9 Å². The van der Waals surface area contributed by atoms with Gasteiger partial charge in [-0.25, -0.2) is 8.78 Å². The molecule has 0 fully saturated rings. The van der Waals surface area contributed by atoms with E-state index >= 15 is 0 Å². The van der Waals surface area contributed by atoms with E-state index in [0.29, 0.717) is 12.1 Å². The minimum Gasteiger partial charge on any atom is -0.321 e. The molecule has 0 aliphatic rings. The third kappa shape index (κ3) is 3.57. The van der Waals surface area contributed by atoms with Gasteiger partial charge in [0.15, 0.2) is 0 Å². The molecule has 2 nitrogen and oxygen atoms in total. The average molecular weight is 456 g/mol. The van der Waals surface area contributed by atoms with Gasteiger partial charge in [0.1, 0.15) is 0 Å². The quantitative estimate of drug-likeness (QED) is 0.524. The number of alkyl halides is 12. The molecule has 28 heavy (non-hydrogen) atoms. The number of carbonyl (C=O) groups excluding carboxylic acids is 1. The largest absolute Gasteiger partial charge is 0.393 e. The molecule has 0 heterocycles. The predicted molar refractivity (Wildman–Crippen MR) is 70.8 cm³/mol. The van der Waals surface area contributed by atoms with Crippen LogP contribution in [0.15, 0.2) is 24.3 Å². The summed E-state index contributed by atoms with van der Waals surface area (Å²) in [6.45, 7) is 0. The van der Waals surface area contributed by atoms with E-state index < -0.39 is 47.6 Å². The lowest BCUT2D eigenvalue weighted by atomic mass is 9.94. The summed E-state index contributed by atoms with van der Waals surface area (Å²) in [4.78, 5) is 11.2. The standard InChI is InChI=1S/C13H6ClF12NO/c14-5-1-3-6(4-2-5)27-8(28)10(19,20)12(23,24)13(25,26)11(21,22)9(17,18)7(15)16/h1-4,7H,(H,27,28).